The molecule has 0 saturated carbocycles. The van der Waals surface area contributed by atoms with E-state index in [2.05, 4.69) is 9.97 Å². The average Bonchev–Trinajstić information content (AvgIpc) is 3.05. The van der Waals surface area contributed by atoms with E-state index in [1.807, 2.05) is 30.1 Å². The minimum Gasteiger partial charge on any atom is -0.373 e. The van der Waals surface area contributed by atoms with Crippen LogP contribution in [0.1, 0.15) is 12.0 Å². The van der Waals surface area contributed by atoms with Crippen molar-refractivity contribution in [3.63, 3.8) is 0 Å². The number of nitrogens with zero attached hydrogens (tertiary/aromatic N) is 3. The van der Waals surface area contributed by atoms with Crippen molar-refractivity contribution in [1.29, 1.82) is 0 Å². The summed E-state index contributed by atoms with van der Waals surface area (Å²) in [6, 6.07) is 7.14. The van der Waals surface area contributed by atoms with Gasteiger partial charge in [0.05, 0.1) is 12.7 Å². The van der Waals surface area contributed by atoms with Gasteiger partial charge in [-0.15, -0.1) is 11.8 Å². The average molecular weight is 377 g/mol. The fourth-order valence-corrected chi connectivity index (χ4v) is 6.53. The number of aromatic nitrogens is 2. The van der Waals surface area contributed by atoms with Gasteiger partial charge in [0.1, 0.15) is 4.90 Å². The maximum Gasteiger partial charge on any atom is 0.244 e. The highest BCUT2D eigenvalue weighted by Crippen LogP contribution is 2.47. The van der Waals surface area contributed by atoms with Gasteiger partial charge in [-0.2, -0.15) is 4.31 Å². The van der Waals surface area contributed by atoms with E-state index in [4.69, 9.17) is 4.74 Å². The van der Waals surface area contributed by atoms with Crippen molar-refractivity contribution < 1.29 is 13.2 Å². The van der Waals surface area contributed by atoms with E-state index in [9.17, 15) is 8.42 Å². The Hall–Kier alpha value is -1.48. The lowest BCUT2D eigenvalue weighted by Crippen LogP contribution is -2.60. The van der Waals surface area contributed by atoms with Gasteiger partial charge in [0.15, 0.2) is 0 Å². The zero-order valence-electron chi connectivity index (χ0n) is 13.6. The zero-order chi connectivity index (χ0) is 17.3. The third-order valence-electron chi connectivity index (χ3n) is 4.58. The van der Waals surface area contributed by atoms with Crippen LogP contribution in [-0.2, 0) is 21.4 Å². The van der Waals surface area contributed by atoms with Gasteiger partial charge in [-0.1, -0.05) is 6.07 Å². The first-order chi connectivity index (χ1) is 12.1. The molecule has 0 aromatic carbocycles. The van der Waals surface area contributed by atoms with Gasteiger partial charge in [0, 0.05) is 48.4 Å². The summed E-state index contributed by atoms with van der Waals surface area (Å²) >= 11 is 1.83. The van der Waals surface area contributed by atoms with E-state index >= 15 is 0 Å². The SMILES string of the molecule is O=S(=O)(c1cccnc1)N1CC2(CC(OCc3cccnc3)CS2)C1. The molecular weight excluding hydrogens is 358 g/mol. The lowest BCUT2D eigenvalue weighted by molar-refractivity contribution is 0.0396. The van der Waals surface area contributed by atoms with Crippen LogP contribution in [0, 0.1) is 0 Å². The van der Waals surface area contributed by atoms with Crippen molar-refractivity contribution >= 4 is 21.8 Å². The smallest absolute Gasteiger partial charge is 0.244 e. The van der Waals surface area contributed by atoms with Crippen molar-refractivity contribution in [2.75, 3.05) is 18.8 Å². The third-order valence-corrected chi connectivity index (χ3v) is 7.94. The molecule has 132 valence electrons. The molecule has 2 aliphatic heterocycles. The molecule has 1 unspecified atom stereocenters. The minimum absolute atomic E-state index is 0.00508. The summed E-state index contributed by atoms with van der Waals surface area (Å²) in [5, 5.41) is 0. The highest BCUT2D eigenvalue weighted by Gasteiger charge is 2.53. The lowest BCUT2D eigenvalue weighted by Gasteiger charge is -2.46. The highest BCUT2D eigenvalue weighted by atomic mass is 32.2. The first kappa shape index (κ1) is 17.0. The molecule has 0 aliphatic carbocycles. The third kappa shape index (κ3) is 3.44. The number of hydrogen-bond donors (Lipinski definition) is 0. The zero-order valence-corrected chi connectivity index (χ0v) is 15.2. The summed E-state index contributed by atoms with van der Waals surface area (Å²) < 4.78 is 32.7. The van der Waals surface area contributed by atoms with E-state index in [0.717, 1.165) is 17.7 Å². The molecule has 0 amide bonds. The van der Waals surface area contributed by atoms with E-state index in [-0.39, 0.29) is 15.7 Å². The van der Waals surface area contributed by atoms with Crippen LogP contribution in [0.4, 0.5) is 0 Å². The van der Waals surface area contributed by atoms with Gasteiger partial charge in [-0.3, -0.25) is 9.97 Å². The molecule has 6 nitrogen and oxygen atoms in total. The molecule has 2 fully saturated rings. The lowest BCUT2D eigenvalue weighted by atomic mass is 9.95. The number of rotatable bonds is 5. The van der Waals surface area contributed by atoms with Crippen LogP contribution in [-0.4, -0.2) is 52.4 Å². The second-order valence-corrected chi connectivity index (χ2v) is 9.88. The van der Waals surface area contributed by atoms with Crippen molar-refractivity contribution in [3.05, 3.63) is 54.6 Å². The molecule has 8 heteroatoms. The Morgan fingerprint density at radius 1 is 1.20 bits per heavy atom. The summed E-state index contributed by atoms with van der Waals surface area (Å²) in [5.41, 5.74) is 1.06. The van der Waals surface area contributed by atoms with Crippen LogP contribution in [0.5, 0.6) is 0 Å². The molecule has 4 heterocycles. The monoisotopic (exact) mass is 377 g/mol. The summed E-state index contributed by atoms with van der Waals surface area (Å²) in [5.74, 6) is 0.904. The molecule has 2 aromatic heterocycles. The Labute approximate surface area is 151 Å². The molecule has 0 radical (unpaired) electrons. The quantitative estimate of drug-likeness (QED) is 0.793. The summed E-state index contributed by atoms with van der Waals surface area (Å²) in [4.78, 5) is 8.26. The summed E-state index contributed by atoms with van der Waals surface area (Å²) in [6.45, 7) is 1.64. The molecule has 0 N–H and O–H groups in total. The Morgan fingerprint density at radius 2 is 1.96 bits per heavy atom. The van der Waals surface area contributed by atoms with Gasteiger partial charge in [0.2, 0.25) is 10.0 Å². The van der Waals surface area contributed by atoms with Gasteiger partial charge >= 0.3 is 0 Å². The number of hydrogen-bond acceptors (Lipinski definition) is 6. The number of thioether (sulfide) groups is 1. The largest absolute Gasteiger partial charge is 0.373 e. The fraction of sp³-hybridized carbons (Fsp3) is 0.412. The minimum atomic E-state index is -3.43. The molecule has 1 atom stereocenters. The van der Waals surface area contributed by atoms with Crippen molar-refractivity contribution in [2.45, 2.75) is 28.8 Å². The Bertz CT molecular complexity index is 825. The first-order valence-corrected chi connectivity index (χ1v) is 10.5. The van der Waals surface area contributed by atoms with Crippen molar-refractivity contribution in [1.82, 2.24) is 14.3 Å². The van der Waals surface area contributed by atoms with Crippen molar-refractivity contribution in [3.8, 4) is 0 Å². The summed E-state index contributed by atoms with van der Waals surface area (Å²) in [6.07, 6.45) is 7.58. The molecule has 2 aliphatic rings. The molecule has 25 heavy (non-hydrogen) atoms. The predicted molar refractivity (Wildman–Crippen MR) is 95.6 cm³/mol. The normalized spacial score (nSPS) is 22.8. The number of pyridine rings is 2. The Morgan fingerprint density at radius 3 is 2.64 bits per heavy atom. The van der Waals surface area contributed by atoms with Crippen LogP contribution in [0.3, 0.4) is 0 Å². The van der Waals surface area contributed by atoms with Crippen LogP contribution in [0.2, 0.25) is 0 Å². The van der Waals surface area contributed by atoms with E-state index in [0.29, 0.717) is 19.7 Å². The number of ether oxygens (including phenoxy) is 1. The second-order valence-electron chi connectivity index (χ2n) is 6.45. The molecule has 1 spiro atoms. The molecule has 2 saturated heterocycles. The Balaban J connectivity index is 1.33. The Kier molecular flexibility index (Phi) is 4.53. The fourth-order valence-electron chi connectivity index (χ4n) is 3.24. The van der Waals surface area contributed by atoms with Gasteiger partial charge < -0.3 is 4.74 Å². The van der Waals surface area contributed by atoms with Gasteiger partial charge in [-0.25, -0.2) is 8.42 Å². The molecular formula is C17H19N3O3S2. The maximum atomic E-state index is 12.6. The first-order valence-electron chi connectivity index (χ1n) is 8.12. The van der Waals surface area contributed by atoms with E-state index in [1.165, 1.54) is 6.20 Å². The van der Waals surface area contributed by atoms with E-state index < -0.39 is 10.0 Å². The predicted octanol–water partition coefficient (Wildman–Crippen LogP) is 1.94. The second kappa shape index (κ2) is 6.68. The van der Waals surface area contributed by atoms with Crippen LogP contribution in [0.25, 0.3) is 0 Å². The van der Waals surface area contributed by atoms with Gasteiger partial charge in [0.25, 0.3) is 0 Å². The number of sulfonamides is 1. The standard InChI is InChI=1S/C17H19N3O3S2/c21-25(22,16-4-2-6-19-9-16)20-12-17(13-20)7-15(11-24-17)23-10-14-3-1-5-18-8-14/h1-6,8-9,15H,7,10-13H2. The topological polar surface area (TPSA) is 72.4 Å². The molecule has 4 rings (SSSR count). The molecule has 0 bridgehead atoms. The van der Waals surface area contributed by atoms with Crippen LogP contribution in [0.15, 0.2) is 53.9 Å². The highest BCUT2D eigenvalue weighted by molar-refractivity contribution is 8.01. The van der Waals surface area contributed by atoms with Crippen LogP contribution >= 0.6 is 11.8 Å². The summed E-state index contributed by atoms with van der Waals surface area (Å²) in [7, 11) is -3.43. The molecule has 2 aromatic rings. The maximum absolute atomic E-state index is 12.6. The van der Waals surface area contributed by atoms with E-state index in [1.54, 1.807) is 28.8 Å². The van der Waals surface area contributed by atoms with Gasteiger partial charge in [-0.05, 0) is 30.2 Å². The van der Waals surface area contributed by atoms with Crippen molar-refractivity contribution in [2.24, 2.45) is 0 Å². The van der Waals surface area contributed by atoms with Crippen LogP contribution < -0.4 is 0 Å².